The average Bonchev–Trinajstić information content (AvgIpc) is 3.23. The van der Waals surface area contributed by atoms with Crippen molar-refractivity contribution in [1.29, 1.82) is 0 Å². The first-order valence-electron chi connectivity index (χ1n) is 11.7. The molecule has 0 saturated carbocycles. The number of carbonyl (C=O) groups excluding carboxylic acids is 2. The van der Waals surface area contributed by atoms with Crippen molar-refractivity contribution in [3.05, 3.63) is 23.8 Å². The highest BCUT2D eigenvalue weighted by Crippen LogP contribution is 2.41. The molecule has 3 atom stereocenters. The van der Waals surface area contributed by atoms with Gasteiger partial charge in [0.05, 0.1) is 42.3 Å². The second-order valence-corrected chi connectivity index (χ2v) is 12.2. The van der Waals surface area contributed by atoms with Crippen molar-refractivity contribution in [2.45, 2.75) is 72.6 Å². The van der Waals surface area contributed by atoms with E-state index in [1.165, 1.54) is 6.20 Å². The van der Waals surface area contributed by atoms with Crippen molar-refractivity contribution < 1.29 is 18.0 Å². The van der Waals surface area contributed by atoms with E-state index in [-0.39, 0.29) is 42.3 Å². The molecule has 0 bridgehead atoms. The van der Waals surface area contributed by atoms with Crippen LogP contribution in [0.15, 0.2) is 12.4 Å². The number of aromatic nitrogens is 2. The van der Waals surface area contributed by atoms with E-state index in [1.807, 2.05) is 13.8 Å². The maximum Gasteiger partial charge on any atom is 0.274 e. The third-order valence-electron chi connectivity index (χ3n) is 6.81. The molecule has 1 N–H and O–H groups in total. The number of hydrogen-bond acceptors (Lipinski definition) is 7. The molecule has 1 aromatic rings. The van der Waals surface area contributed by atoms with Crippen LogP contribution in [-0.2, 0) is 21.4 Å². The van der Waals surface area contributed by atoms with E-state index in [0.717, 1.165) is 16.3 Å². The second kappa shape index (κ2) is 12.2. The van der Waals surface area contributed by atoms with Gasteiger partial charge in [-0.1, -0.05) is 41.5 Å². The van der Waals surface area contributed by atoms with Crippen LogP contribution < -0.4 is 5.32 Å². The highest BCUT2D eigenvalue weighted by molar-refractivity contribution is 7.88. The van der Waals surface area contributed by atoms with Crippen molar-refractivity contribution >= 4 is 46.7 Å². The van der Waals surface area contributed by atoms with E-state index in [1.54, 1.807) is 11.1 Å². The van der Waals surface area contributed by atoms with Gasteiger partial charge in [0.2, 0.25) is 15.9 Å². The van der Waals surface area contributed by atoms with Gasteiger partial charge in [-0.25, -0.2) is 17.7 Å². The van der Waals surface area contributed by atoms with Crippen LogP contribution in [0, 0.1) is 23.7 Å². The van der Waals surface area contributed by atoms with Gasteiger partial charge >= 0.3 is 0 Å². The lowest BCUT2D eigenvalue weighted by molar-refractivity contribution is -0.129. The van der Waals surface area contributed by atoms with Gasteiger partial charge in [0.15, 0.2) is 0 Å². The van der Waals surface area contributed by atoms with Gasteiger partial charge in [-0.05, 0) is 24.2 Å². The number of halogens is 2. The number of carbonyl (C=O) groups is 2. The van der Waals surface area contributed by atoms with Crippen molar-refractivity contribution in [3.8, 4) is 0 Å². The quantitative estimate of drug-likeness (QED) is 0.528. The molecule has 12 heteroatoms. The zero-order valence-electron chi connectivity index (χ0n) is 21.5. The van der Waals surface area contributed by atoms with Gasteiger partial charge in [-0.15, -0.1) is 24.8 Å². The summed E-state index contributed by atoms with van der Waals surface area (Å²) >= 11 is 0. The zero-order valence-corrected chi connectivity index (χ0v) is 23.9. The van der Waals surface area contributed by atoms with Gasteiger partial charge in [-0.3, -0.25) is 14.6 Å². The number of likely N-dealkylation sites (tertiary alicyclic amines) is 1. The molecular formula is C23H39Cl2N5O4S. The first-order chi connectivity index (χ1) is 15.3. The molecule has 0 radical (unpaired) electrons. The summed E-state index contributed by atoms with van der Waals surface area (Å²) in [4.78, 5) is 36.7. The Labute approximate surface area is 221 Å². The van der Waals surface area contributed by atoms with Gasteiger partial charge in [0.25, 0.3) is 5.91 Å². The minimum atomic E-state index is -3.71. The maximum absolute atomic E-state index is 13.3. The van der Waals surface area contributed by atoms with Crippen LogP contribution in [0.25, 0.3) is 0 Å². The fraction of sp³-hybridized carbons (Fsp3) is 0.739. The molecule has 2 aliphatic heterocycles. The van der Waals surface area contributed by atoms with Crippen LogP contribution in [-0.4, -0.2) is 70.3 Å². The summed E-state index contributed by atoms with van der Waals surface area (Å²) < 4.78 is 25.6. The molecule has 2 saturated heterocycles. The summed E-state index contributed by atoms with van der Waals surface area (Å²) in [6.07, 6.45) is 4.56. The van der Waals surface area contributed by atoms with Crippen molar-refractivity contribution in [2.75, 3.05) is 12.8 Å². The fourth-order valence-electron chi connectivity index (χ4n) is 5.44. The first-order valence-corrected chi connectivity index (χ1v) is 13.6. The van der Waals surface area contributed by atoms with Crippen LogP contribution in [0.1, 0.15) is 64.1 Å². The standard InChI is InChI=1S/C23H37N5O4S.2ClH/c1-13(2)19-21-18(28(23(19)30)33(7,31)32)8-9-27(21)22(29)17-12-24-16(10-25-17)11-26-20(14(3)4)15(5)6;;/h10,12-15,18-21,26H,8-9,11H2,1-7H3;2*1H/t18-,19+,21-;;/m0../s1. The minimum absolute atomic E-state index is 0. The summed E-state index contributed by atoms with van der Waals surface area (Å²) in [6, 6.07) is -0.662. The number of nitrogens with one attached hydrogen (secondary N) is 1. The molecule has 2 fully saturated rings. The Morgan fingerprint density at radius 1 is 1.09 bits per heavy atom. The number of sulfonamides is 1. The molecule has 0 aromatic carbocycles. The molecule has 0 unspecified atom stereocenters. The largest absolute Gasteiger partial charge is 0.331 e. The minimum Gasteiger partial charge on any atom is -0.331 e. The van der Waals surface area contributed by atoms with Crippen LogP contribution >= 0.6 is 24.8 Å². The summed E-state index contributed by atoms with van der Waals surface area (Å²) in [6.45, 7) is 13.4. The predicted molar refractivity (Wildman–Crippen MR) is 140 cm³/mol. The zero-order chi connectivity index (χ0) is 24.7. The van der Waals surface area contributed by atoms with Crippen LogP contribution in [0.5, 0.6) is 0 Å². The molecule has 200 valence electrons. The van der Waals surface area contributed by atoms with E-state index in [2.05, 4.69) is 43.0 Å². The second-order valence-electron chi connectivity index (χ2n) is 10.3. The Balaban J connectivity index is 0.00000306. The molecular weight excluding hydrogens is 513 g/mol. The van der Waals surface area contributed by atoms with Crippen molar-refractivity contribution in [3.63, 3.8) is 0 Å². The molecule has 1 aromatic heterocycles. The lowest BCUT2D eigenvalue weighted by atomic mass is 9.88. The van der Waals surface area contributed by atoms with E-state index >= 15 is 0 Å². The van der Waals surface area contributed by atoms with E-state index in [9.17, 15) is 18.0 Å². The number of amides is 2. The number of hydrogen-bond donors (Lipinski definition) is 1. The van der Waals surface area contributed by atoms with Gasteiger partial charge in [0, 0.05) is 19.1 Å². The highest BCUT2D eigenvalue weighted by Gasteiger charge is 2.58. The van der Waals surface area contributed by atoms with Crippen LogP contribution in [0.4, 0.5) is 0 Å². The van der Waals surface area contributed by atoms with Crippen LogP contribution in [0.2, 0.25) is 0 Å². The topological polar surface area (TPSA) is 113 Å². The third kappa shape index (κ3) is 6.45. The van der Waals surface area contributed by atoms with Gasteiger partial charge < -0.3 is 10.2 Å². The molecule has 2 aliphatic rings. The fourth-order valence-corrected chi connectivity index (χ4v) is 6.61. The third-order valence-corrected chi connectivity index (χ3v) is 7.97. The van der Waals surface area contributed by atoms with Crippen molar-refractivity contribution in [2.24, 2.45) is 23.7 Å². The Bertz CT molecular complexity index is 980. The Hall–Kier alpha value is -1.49. The van der Waals surface area contributed by atoms with Crippen molar-refractivity contribution in [1.82, 2.24) is 24.5 Å². The summed E-state index contributed by atoms with van der Waals surface area (Å²) in [7, 11) is -3.71. The Morgan fingerprint density at radius 2 is 1.69 bits per heavy atom. The van der Waals surface area contributed by atoms with E-state index < -0.39 is 33.9 Å². The first kappa shape index (κ1) is 31.5. The maximum atomic E-state index is 13.3. The SMILES string of the molecule is CC(C)C(NCc1cnc(C(=O)N2CC[C@H]3[C@H]2[C@@H](C(C)C)C(=O)N3S(C)(=O)=O)cn1)C(C)C.Cl.Cl. The molecule has 3 rings (SSSR count). The Kier molecular flexibility index (Phi) is 11.0. The van der Waals surface area contributed by atoms with Crippen LogP contribution in [0.3, 0.4) is 0 Å². The Morgan fingerprint density at radius 3 is 2.14 bits per heavy atom. The lowest BCUT2D eigenvalue weighted by Gasteiger charge is -2.29. The smallest absolute Gasteiger partial charge is 0.274 e. The summed E-state index contributed by atoms with van der Waals surface area (Å²) in [5.74, 6) is -0.424. The summed E-state index contributed by atoms with van der Waals surface area (Å²) in [5, 5.41) is 3.51. The molecule has 35 heavy (non-hydrogen) atoms. The van der Waals surface area contributed by atoms with Gasteiger partial charge in [0.1, 0.15) is 5.69 Å². The molecule has 0 spiro atoms. The van der Waals surface area contributed by atoms with E-state index in [4.69, 9.17) is 0 Å². The van der Waals surface area contributed by atoms with Gasteiger partial charge in [-0.2, -0.15) is 0 Å². The lowest BCUT2D eigenvalue weighted by Crippen LogP contribution is -2.44. The number of fused-ring (bicyclic) bond motifs is 1. The van der Waals surface area contributed by atoms with E-state index in [0.29, 0.717) is 37.4 Å². The molecule has 0 aliphatic carbocycles. The average molecular weight is 553 g/mol. The normalized spacial score (nSPS) is 22.1. The predicted octanol–water partition coefficient (Wildman–Crippen LogP) is 2.75. The summed E-state index contributed by atoms with van der Waals surface area (Å²) in [5.41, 5.74) is 0.952. The molecule has 2 amide bonds. The molecule has 3 heterocycles. The molecule has 9 nitrogen and oxygen atoms in total. The number of rotatable bonds is 8. The monoisotopic (exact) mass is 551 g/mol. The highest BCUT2D eigenvalue weighted by atomic mass is 35.5. The number of nitrogens with zero attached hydrogens (tertiary/aromatic N) is 4.